The minimum Gasteiger partial charge on any atom is -0.424 e. The lowest BCUT2D eigenvalue weighted by atomic mass is 9.98. The van der Waals surface area contributed by atoms with Crippen molar-refractivity contribution >= 4 is 0 Å². The van der Waals surface area contributed by atoms with Gasteiger partial charge in [0.2, 0.25) is 11.8 Å². The van der Waals surface area contributed by atoms with E-state index < -0.39 is 0 Å². The maximum atomic E-state index is 5.42. The van der Waals surface area contributed by atoms with E-state index >= 15 is 0 Å². The molecule has 5 nitrogen and oxygen atoms in total. The lowest BCUT2D eigenvalue weighted by Gasteiger charge is -2.31. The molecule has 1 saturated heterocycles. The van der Waals surface area contributed by atoms with Gasteiger partial charge in [0.05, 0.1) is 6.54 Å². The van der Waals surface area contributed by atoms with Crippen molar-refractivity contribution in [3.63, 3.8) is 0 Å². The average Bonchev–Trinajstić information content (AvgIpc) is 2.73. The van der Waals surface area contributed by atoms with E-state index in [-0.39, 0.29) is 0 Å². The van der Waals surface area contributed by atoms with E-state index in [0.29, 0.717) is 5.89 Å². The van der Waals surface area contributed by atoms with Gasteiger partial charge in [-0.05, 0) is 38.4 Å². The van der Waals surface area contributed by atoms with Gasteiger partial charge in [-0.3, -0.25) is 4.90 Å². The van der Waals surface area contributed by atoms with Crippen molar-refractivity contribution in [2.45, 2.75) is 33.2 Å². The predicted octanol–water partition coefficient (Wildman–Crippen LogP) is 1.20. The molecule has 1 N–H and O–H groups in total. The van der Waals surface area contributed by atoms with Gasteiger partial charge in [-0.1, -0.05) is 6.92 Å². The van der Waals surface area contributed by atoms with E-state index in [1.807, 2.05) is 6.92 Å². The van der Waals surface area contributed by atoms with Crippen molar-refractivity contribution in [1.82, 2.24) is 20.4 Å². The van der Waals surface area contributed by atoms with Gasteiger partial charge < -0.3 is 9.73 Å². The number of likely N-dealkylation sites (tertiary alicyclic amines) is 1. The number of rotatable bonds is 5. The lowest BCUT2D eigenvalue weighted by molar-refractivity contribution is 0.152. The second kappa shape index (κ2) is 6.12. The van der Waals surface area contributed by atoms with Gasteiger partial charge in [0, 0.05) is 13.5 Å². The van der Waals surface area contributed by atoms with Crippen LogP contribution < -0.4 is 5.32 Å². The highest BCUT2D eigenvalue weighted by Crippen LogP contribution is 2.17. The zero-order valence-corrected chi connectivity index (χ0v) is 10.8. The Morgan fingerprint density at radius 2 is 2.35 bits per heavy atom. The van der Waals surface area contributed by atoms with Crippen LogP contribution >= 0.6 is 0 Å². The molecule has 5 heteroatoms. The third kappa shape index (κ3) is 3.78. The van der Waals surface area contributed by atoms with Crippen LogP contribution in [0.25, 0.3) is 0 Å². The summed E-state index contributed by atoms with van der Waals surface area (Å²) in [6, 6.07) is 0. The summed E-state index contributed by atoms with van der Waals surface area (Å²) in [6.07, 6.45) is 2.59. The normalized spacial score (nSPS) is 21.9. The fourth-order valence-corrected chi connectivity index (χ4v) is 2.40. The van der Waals surface area contributed by atoms with E-state index in [1.54, 1.807) is 0 Å². The van der Waals surface area contributed by atoms with Crippen LogP contribution in [-0.4, -0.2) is 41.3 Å². The highest BCUT2D eigenvalue weighted by Gasteiger charge is 2.20. The quantitative estimate of drug-likeness (QED) is 0.835. The second-order valence-corrected chi connectivity index (χ2v) is 4.77. The Hall–Kier alpha value is -0.940. The maximum absolute atomic E-state index is 5.42. The summed E-state index contributed by atoms with van der Waals surface area (Å²) in [4.78, 5) is 2.42. The molecule has 1 aliphatic rings. The number of hydrogen-bond acceptors (Lipinski definition) is 5. The van der Waals surface area contributed by atoms with Crippen LogP contribution in [0.5, 0.6) is 0 Å². The minimum absolute atomic E-state index is 0.654. The first kappa shape index (κ1) is 12.5. The predicted molar refractivity (Wildman–Crippen MR) is 65.6 cm³/mol. The van der Waals surface area contributed by atoms with Gasteiger partial charge >= 0.3 is 0 Å². The molecule has 96 valence electrons. The van der Waals surface area contributed by atoms with Crippen molar-refractivity contribution in [3.05, 3.63) is 11.8 Å². The van der Waals surface area contributed by atoms with Gasteiger partial charge in [0.25, 0.3) is 0 Å². The average molecular weight is 238 g/mol. The van der Waals surface area contributed by atoms with E-state index in [9.17, 15) is 0 Å². The molecule has 0 bridgehead atoms. The molecule has 0 aromatic carbocycles. The van der Waals surface area contributed by atoms with Crippen LogP contribution in [-0.2, 0) is 6.54 Å². The van der Waals surface area contributed by atoms with Gasteiger partial charge in [-0.25, -0.2) is 0 Å². The first-order valence-electron chi connectivity index (χ1n) is 6.50. The molecule has 0 aliphatic carbocycles. The smallest absolute Gasteiger partial charge is 0.230 e. The summed E-state index contributed by atoms with van der Waals surface area (Å²) >= 11 is 0. The summed E-state index contributed by atoms with van der Waals surface area (Å²) in [6.45, 7) is 9.24. The highest BCUT2D eigenvalue weighted by molar-refractivity contribution is 4.82. The fraction of sp³-hybridized carbons (Fsp3) is 0.833. The molecule has 1 fully saturated rings. The molecule has 1 atom stereocenters. The Morgan fingerprint density at radius 3 is 3.06 bits per heavy atom. The molecule has 1 aromatic heterocycles. The van der Waals surface area contributed by atoms with Gasteiger partial charge in [-0.15, -0.1) is 10.2 Å². The molecule has 0 spiro atoms. The van der Waals surface area contributed by atoms with Crippen LogP contribution in [0, 0.1) is 12.8 Å². The van der Waals surface area contributed by atoms with Crippen molar-refractivity contribution in [1.29, 1.82) is 0 Å². The standard InChI is InChI=1S/C12H22N4O/c1-3-13-7-11-5-4-6-16(8-11)9-12-15-14-10(2)17-12/h11,13H,3-9H2,1-2H3. The van der Waals surface area contributed by atoms with E-state index in [2.05, 4.69) is 27.3 Å². The Bertz CT molecular complexity index is 339. The van der Waals surface area contributed by atoms with Crippen LogP contribution in [0.4, 0.5) is 0 Å². The minimum atomic E-state index is 0.654. The Balaban J connectivity index is 1.80. The SMILES string of the molecule is CCNCC1CCCN(Cc2nnc(C)o2)C1. The molecule has 2 rings (SSSR count). The first-order valence-corrected chi connectivity index (χ1v) is 6.50. The third-order valence-corrected chi connectivity index (χ3v) is 3.21. The number of nitrogens with zero attached hydrogens (tertiary/aromatic N) is 3. The molecular weight excluding hydrogens is 216 g/mol. The van der Waals surface area contributed by atoms with Gasteiger partial charge in [0.1, 0.15) is 0 Å². The number of piperidine rings is 1. The molecular formula is C12H22N4O. The monoisotopic (exact) mass is 238 g/mol. The maximum Gasteiger partial charge on any atom is 0.230 e. The molecule has 17 heavy (non-hydrogen) atoms. The summed E-state index contributed by atoms with van der Waals surface area (Å²) < 4.78 is 5.42. The second-order valence-electron chi connectivity index (χ2n) is 4.77. The molecule has 1 unspecified atom stereocenters. The van der Waals surface area contributed by atoms with Gasteiger partial charge in [0.15, 0.2) is 0 Å². The topological polar surface area (TPSA) is 54.2 Å². The number of nitrogens with one attached hydrogen (secondary N) is 1. The number of hydrogen-bond donors (Lipinski definition) is 1. The first-order chi connectivity index (χ1) is 8.28. The van der Waals surface area contributed by atoms with Crippen molar-refractivity contribution in [2.75, 3.05) is 26.2 Å². The summed E-state index contributed by atoms with van der Waals surface area (Å²) in [5, 5.41) is 11.3. The molecule has 1 aromatic rings. The van der Waals surface area contributed by atoms with Crippen molar-refractivity contribution < 1.29 is 4.42 Å². The zero-order chi connectivity index (χ0) is 12.1. The van der Waals surface area contributed by atoms with E-state index in [4.69, 9.17) is 4.42 Å². The van der Waals surface area contributed by atoms with E-state index in [0.717, 1.165) is 44.5 Å². The van der Waals surface area contributed by atoms with Gasteiger partial charge in [-0.2, -0.15) is 0 Å². The zero-order valence-electron chi connectivity index (χ0n) is 10.8. The number of aromatic nitrogens is 2. The lowest BCUT2D eigenvalue weighted by Crippen LogP contribution is -2.39. The van der Waals surface area contributed by atoms with E-state index in [1.165, 1.54) is 12.8 Å². The molecule has 2 heterocycles. The number of aryl methyl sites for hydroxylation is 1. The Morgan fingerprint density at radius 1 is 1.47 bits per heavy atom. The fourth-order valence-electron chi connectivity index (χ4n) is 2.40. The molecule has 0 saturated carbocycles. The molecule has 0 radical (unpaired) electrons. The van der Waals surface area contributed by atoms with Crippen LogP contribution in [0.15, 0.2) is 4.42 Å². The highest BCUT2D eigenvalue weighted by atomic mass is 16.4. The summed E-state index contributed by atoms with van der Waals surface area (Å²) in [7, 11) is 0. The largest absolute Gasteiger partial charge is 0.424 e. The molecule has 1 aliphatic heterocycles. The Labute approximate surface area is 103 Å². The van der Waals surface area contributed by atoms with Crippen LogP contribution in [0.2, 0.25) is 0 Å². The summed E-state index contributed by atoms with van der Waals surface area (Å²) in [5.74, 6) is 2.15. The van der Waals surface area contributed by atoms with Crippen molar-refractivity contribution in [3.8, 4) is 0 Å². The van der Waals surface area contributed by atoms with Crippen LogP contribution in [0.1, 0.15) is 31.5 Å². The van der Waals surface area contributed by atoms with Crippen molar-refractivity contribution in [2.24, 2.45) is 5.92 Å². The third-order valence-electron chi connectivity index (χ3n) is 3.21. The Kier molecular flexibility index (Phi) is 4.50. The summed E-state index contributed by atoms with van der Waals surface area (Å²) in [5.41, 5.74) is 0. The molecule has 0 amide bonds. The van der Waals surface area contributed by atoms with Crippen LogP contribution in [0.3, 0.4) is 0 Å².